The van der Waals surface area contributed by atoms with Crippen LogP contribution in [0.3, 0.4) is 0 Å². The van der Waals surface area contributed by atoms with Crippen LogP contribution in [0.15, 0.2) is 48.5 Å². The quantitative estimate of drug-likeness (QED) is 0.460. The van der Waals surface area contributed by atoms with Crippen LogP contribution in [0.2, 0.25) is 0 Å². The molecule has 0 atom stereocenters. The summed E-state index contributed by atoms with van der Waals surface area (Å²) in [6.45, 7) is 0. The second-order valence-electron chi connectivity index (χ2n) is 5.96. The summed E-state index contributed by atoms with van der Waals surface area (Å²) in [5.41, 5.74) is 5.90. The Bertz CT molecular complexity index is 1030. The summed E-state index contributed by atoms with van der Waals surface area (Å²) < 4.78 is 40.0. The minimum atomic E-state index is -4.45. The molecule has 0 saturated carbocycles. The second-order valence-corrected chi connectivity index (χ2v) is 6.37. The summed E-state index contributed by atoms with van der Waals surface area (Å²) in [7, 11) is 1.81. The standard InChI is InChI=1S/C18H16F3N5OS/c1-26-14-8-3-2-7-13(14)23-15(26)10-16(27)24-25-17(28)22-12-6-4-5-11(9-12)18(19,20)21/h2-9H,10H2,1H3,(H,24,27)(H2,22,25,28). The number of alkyl halides is 3. The van der Waals surface area contributed by atoms with Gasteiger partial charge < -0.3 is 9.88 Å². The lowest BCUT2D eigenvalue weighted by atomic mass is 10.2. The van der Waals surface area contributed by atoms with Gasteiger partial charge in [0.1, 0.15) is 5.82 Å². The Balaban J connectivity index is 1.55. The number of aromatic nitrogens is 2. The molecule has 1 aromatic heterocycles. The smallest absolute Gasteiger partial charge is 0.331 e. The molecule has 3 rings (SSSR count). The molecule has 0 spiro atoms. The molecule has 0 aliphatic rings. The number of fused-ring (bicyclic) bond motifs is 1. The van der Waals surface area contributed by atoms with Crippen LogP contribution in [0.5, 0.6) is 0 Å². The largest absolute Gasteiger partial charge is 0.416 e. The van der Waals surface area contributed by atoms with Crippen molar-refractivity contribution in [2.45, 2.75) is 12.6 Å². The highest BCUT2D eigenvalue weighted by molar-refractivity contribution is 7.80. The summed E-state index contributed by atoms with van der Waals surface area (Å²) in [6.07, 6.45) is -4.45. The van der Waals surface area contributed by atoms with Crippen LogP contribution in [-0.4, -0.2) is 20.6 Å². The minimum Gasteiger partial charge on any atom is -0.331 e. The Morgan fingerprint density at radius 1 is 1.14 bits per heavy atom. The van der Waals surface area contributed by atoms with Gasteiger partial charge in [0.15, 0.2) is 5.11 Å². The topological polar surface area (TPSA) is 71.0 Å². The van der Waals surface area contributed by atoms with Gasteiger partial charge in [0, 0.05) is 12.7 Å². The van der Waals surface area contributed by atoms with E-state index < -0.39 is 17.6 Å². The number of hydrazine groups is 1. The van der Waals surface area contributed by atoms with E-state index in [-0.39, 0.29) is 17.2 Å². The van der Waals surface area contributed by atoms with Gasteiger partial charge >= 0.3 is 6.18 Å². The monoisotopic (exact) mass is 407 g/mol. The SMILES string of the molecule is Cn1c(CC(=O)NNC(=S)Nc2cccc(C(F)(F)F)c2)nc2ccccc21. The van der Waals surface area contributed by atoms with E-state index in [1.165, 1.54) is 12.1 Å². The number of aryl methyl sites for hydroxylation is 1. The van der Waals surface area contributed by atoms with Gasteiger partial charge in [-0.15, -0.1) is 0 Å². The summed E-state index contributed by atoms with van der Waals surface area (Å²) in [5, 5.41) is 2.55. The average molecular weight is 407 g/mol. The molecule has 1 heterocycles. The molecule has 6 nitrogen and oxygen atoms in total. The first-order chi connectivity index (χ1) is 13.2. The zero-order chi connectivity index (χ0) is 20.3. The van der Waals surface area contributed by atoms with Crippen molar-refractivity contribution in [3.05, 3.63) is 59.9 Å². The van der Waals surface area contributed by atoms with Gasteiger partial charge in [0.05, 0.1) is 23.0 Å². The first-order valence-corrected chi connectivity index (χ1v) is 8.58. The molecule has 3 aromatic rings. The number of para-hydroxylation sites is 2. The number of amides is 1. The summed E-state index contributed by atoms with van der Waals surface area (Å²) in [4.78, 5) is 16.5. The average Bonchev–Trinajstić information content (AvgIpc) is 2.95. The van der Waals surface area contributed by atoms with Gasteiger partial charge in [-0.05, 0) is 42.5 Å². The molecule has 2 aromatic carbocycles. The molecule has 0 radical (unpaired) electrons. The van der Waals surface area contributed by atoms with Crippen molar-refractivity contribution < 1.29 is 18.0 Å². The number of benzene rings is 2. The van der Waals surface area contributed by atoms with E-state index in [9.17, 15) is 18.0 Å². The predicted octanol–water partition coefficient (Wildman–Crippen LogP) is 3.15. The third-order valence-corrected chi connectivity index (χ3v) is 4.17. The van der Waals surface area contributed by atoms with Crippen molar-refractivity contribution in [3.8, 4) is 0 Å². The third-order valence-electron chi connectivity index (χ3n) is 3.96. The van der Waals surface area contributed by atoms with Crippen LogP contribution in [0.25, 0.3) is 11.0 Å². The maximum Gasteiger partial charge on any atom is 0.416 e. The fourth-order valence-electron chi connectivity index (χ4n) is 2.60. The number of halogens is 3. The van der Waals surface area contributed by atoms with Crippen LogP contribution < -0.4 is 16.2 Å². The Labute approximate surface area is 163 Å². The van der Waals surface area contributed by atoms with E-state index in [0.29, 0.717) is 5.82 Å². The van der Waals surface area contributed by atoms with Crippen LogP contribution >= 0.6 is 12.2 Å². The highest BCUT2D eigenvalue weighted by Gasteiger charge is 2.30. The second kappa shape index (κ2) is 7.85. The lowest BCUT2D eigenvalue weighted by molar-refractivity contribution is -0.137. The van der Waals surface area contributed by atoms with Gasteiger partial charge in [-0.3, -0.25) is 15.6 Å². The molecular formula is C18H16F3N5OS. The number of hydrogen-bond donors (Lipinski definition) is 3. The van der Waals surface area contributed by atoms with E-state index in [2.05, 4.69) is 21.2 Å². The Kier molecular flexibility index (Phi) is 5.50. The first-order valence-electron chi connectivity index (χ1n) is 8.17. The fraction of sp³-hybridized carbons (Fsp3) is 0.167. The number of rotatable bonds is 3. The zero-order valence-electron chi connectivity index (χ0n) is 14.7. The lowest BCUT2D eigenvalue weighted by Crippen LogP contribution is -2.44. The van der Waals surface area contributed by atoms with Crippen molar-refractivity contribution in [2.75, 3.05) is 5.32 Å². The summed E-state index contributed by atoms with van der Waals surface area (Å²) in [6, 6.07) is 12.1. The number of imidazole rings is 1. The van der Waals surface area contributed by atoms with E-state index in [1.54, 1.807) is 0 Å². The molecule has 28 heavy (non-hydrogen) atoms. The molecule has 146 valence electrons. The van der Waals surface area contributed by atoms with Gasteiger partial charge in [-0.2, -0.15) is 13.2 Å². The predicted molar refractivity (Wildman–Crippen MR) is 103 cm³/mol. The molecule has 10 heteroatoms. The van der Waals surface area contributed by atoms with E-state index in [4.69, 9.17) is 12.2 Å². The number of thiocarbonyl (C=S) groups is 1. The number of nitrogens with zero attached hydrogens (tertiary/aromatic N) is 2. The van der Waals surface area contributed by atoms with E-state index >= 15 is 0 Å². The molecule has 0 unspecified atom stereocenters. The van der Waals surface area contributed by atoms with Crippen LogP contribution in [0, 0.1) is 0 Å². The van der Waals surface area contributed by atoms with Crippen molar-refractivity contribution in [1.82, 2.24) is 20.4 Å². The highest BCUT2D eigenvalue weighted by Crippen LogP contribution is 2.30. The fourth-order valence-corrected chi connectivity index (χ4v) is 2.77. The lowest BCUT2D eigenvalue weighted by Gasteiger charge is -2.13. The van der Waals surface area contributed by atoms with Crippen molar-refractivity contribution in [3.63, 3.8) is 0 Å². The zero-order valence-corrected chi connectivity index (χ0v) is 15.5. The minimum absolute atomic E-state index is 0.00432. The van der Waals surface area contributed by atoms with Crippen molar-refractivity contribution >= 4 is 40.0 Å². The van der Waals surface area contributed by atoms with Crippen LogP contribution in [0.1, 0.15) is 11.4 Å². The molecule has 0 saturated heterocycles. The number of anilines is 1. The number of hydrogen-bond acceptors (Lipinski definition) is 3. The highest BCUT2D eigenvalue weighted by atomic mass is 32.1. The number of nitrogens with one attached hydrogen (secondary N) is 3. The maximum atomic E-state index is 12.7. The first kappa shape index (κ1) is 19.6. The molecule has 1 amide bonds. The van der Waals surface area contributed by atoms with Crippen LogP contribution in [-0.2, 0) is 24.4 Å². The normalized spacial score (nSPS) is 11.3. The van der Waals surface area contributed by atoms with E-state index in [1.807, 2.05) is 35.9 Å². The molecule has 0 aliphatic heterocycles. The Morgan fingerprint density at radius 2 is 1.89 bits per heavy atom. The molecule has 3 N–H and O–H groups in total. The maximum absolute atomic E-state index is 12.7. The van der Waals surface area contributed by atoms with Crippen LogP contribution in [0.4, 0.5) is 18.9 Å². The van der Waals surface area contributed by atoms with E-state index in [0.717, 1.165) is 23.2 Å². The molecule has 0 bridgehead atoms. The molecule has 0 aliphatic carbocycles. The van der Waals surface area contributed by atoms with Gasteiger partial charge in [-0.1, -0.05) is 18.2 Å². The third kappa shape index (κ3) is 4.58. The van der Waals surface area contributed by atoms with Crippen molar-refractivity contribution in [1.29, 1.82) is 0 Å². The van der Waals surface area contributed by atoms with Crippen molar-refractivity contribution in [2.24, 2.45) is 7.05 Å². The molecule has 0 fully saturated rings. The summed E-state index contributed by atoms with van der Waals surface area (Å²) >= 11 is 4.99. The van der Waals surface area contributed by atoms with Gasteiger partial charge in [0.25, 0.3) is 0 Å². The molecular weight excluding hydrogens is 391 g/mol. The van der Waals surface area contributed by atoms with Gasteiger partial charge in [0.2, 0.25) is 5.91 Å². The number of carbonyl (C=O) groups excluding carboxylic acids is 1. The number of carbonyl (C=O) groups is 1. The van der Waals surface area contributed by atoms with Gasteiger partial charge in [-0.25, -0.2) is 4.98 Å². The summed E-state index contributed by atoms with van der Waals surface area (Å²) in [5.74, 6) is 0.170. The Hall–Kier alpha value is -3.14. The Morgan fingerprint density at radius 3 is 2.61 bits per heavy atom.